The molecular formula is C23H25NO4. The Bertz CT molecular complexity index is 929. The highest BCUT2D eigenvalue weighted by Crippen LogP contribution is 2.36. The first-order chi connectivity index (χ1) is 13.2. The topological polar surface area (TPSA) is 68.6 Å². The van der Waals surface area contributed by atoms with E-state index in [2.05, 4.69) is 20.8 Å². The maximum absolute atomic E-state index is 12.8. The number of carbonyl (C=O) groups excluding carboxylic acids is 1. The number of ketones is 1. The normalized spacial score (nSPS) is 11.5. The molecule has 0 amide bonds. The van der Waals surface area contributed by atoms with Crippen LogP contribution in [-0.4, -0.2) is 27.1 Å². The van der Waals surface area contributed by atoms with Crippen molar-refractivity contribution in [1.82, 2.24) is 0 Å². The van der Waals surface area contributed by atoms with Crippen LogP contribution in [0.15, 0.2) is 42.0 Å². The molecule has 0 aromatic heterocycles. The summed E-state index contributed by atoms with van der Waals surface area (Å²) in [6.45, 7) is 6.31. The van der Waals surface area contributed by atoms with Gasteiger partial charge in [-0.1, -0.05) is 45.0 Å². The van der Waals surface area contributed by atoms with Crippen LogP contribution in [0.2, 0.25) is 0 Å². The van der Waals surface area contributed by atoms with E-state index in [1.165, 1.54) is 27.4 Å². The molecule has 5 heteroatoms. The molecule has 0 aliphatic carbocycles. The van der Waals surface area contributed by atoms with Crippen molar-refractivity contribution in [2.45, 2.75) is 26.2 Å². The number of benzene rings is 2. The van der Waals surface area contributed by atoms with Gasteiger partial charge in [0.25, 0.3) is 0 Å². The van der Waals surface area contributed by atoms with E-state index < -0.39 is 0 Å². The molecule has 0 aliphatic rings. The third-order valence-electron chi connectivity index (χ3n) is 4.41. The van der Waals surface area contributed by atoms with E-state index in [1.54, 1.807) is 24.3 Å². The Morgan fingerprint density at radius 3 is 1.93 bits per heavy atom. The number of methoxy groups -OCH3 is 3. The average Bonchev–Trinajstić information content (AvgIpc) is 2.70. The third kappa shape index (κ3) is 4.52. The van der Waals surface area contributed by atoms with Gasteiger partial charge < -0.3 is 14.2 Å². The number of carbonyl (C=O) groups is 1. The Morgan fingerprint density at radius 1 is 0.929 bits per heavy atom. The Balaban J connectivity index is 2.46. The zero-order chi connectivity index (χ0) is 20.9. The molecule has 2 rings (SSSR count). The molecule has 0 heterocycles. The Morgan fingerprint density at radius 2 is 1.46 bits per heavy atom. The predicted molar refractivity (Wildman–Crippen MR) is 109 cm³/mol. The second-order valence-corrected chi connectivity index (χ2v) is 7.28. The van der Waals surface area contributed by atoms with E-state index >= 15 is 0 Å². The van der Waals surface area contributed by atoms with E-state index in [0.717, 1.165) is 5.56 Å². The SMILES string of the molecule is COc1cc(OC)c(OC)cc1/C=C(\C#N)C(=O)c1ccc(C(C)(C)C)cc1. The number of allylic oxidation sites excluding steroid dienone is 1. The molecule has 0 fully saturated rings. The van der Waals surface area contributed by atoms with E-state index in [0.29, 0.717) is 28.4 Å². The van der Waals surface area contributed by atoms with Crippen LogP contribution in [0.5, 0.6) is 17.2 Å². The molecule has 0 spiro atoms. The minimum atomic E-state index is -0.347. The van der Waals surface area contributed by atoms with Gasteiger partial charge in [-0.2, -0.15) is 5.26 Å². The van der Waals surface area contributed by atoms with Gasteiger partial charge in [0.2, 0.25) is 5.78 Å². The molecule has 146 valence electrons. The molecule has 0 aliphatic heterocycles. The smallest absolute Gasteiger partial charge is 0.203 e. The Labute approximate surface area is 166 Å². The lowest BCUT2D eigenvalue weighted by Crippen LogP contribution is -2.11. The molecule has 0 bridgehead atoms. The van der Waals surface area contributed by atoms with Crippen molar-refractivity contribution in [3.05, 3.63) is 58.7 Å². The Kier molecular flexibility index (Phi) is 6.48. The number of ether oxygens (including phenoxy) is 3. The van der Waals surface area contributed by atoms with Gasteiger partial charge in [-0.15, -0.1) is 0 Å². The molecule has 0 saturated heterocycles. The van der Waals surface area contributed by atoms with Gasteiger partial charge in [-0.3, -0.25) is 4.79 Å². The van der Waals surface area contributed by atoms with Gasteiger partial charge in [0.1, 0.15) is 17.4 Å². The highest BCUT2D eigenvalue weighted by Gasteiger charge is 2.18. The molecule has 28 heavy (non-hydrogen) atoms. The zero-order valence-electron chi connectivity index (χ0n) is 17.1. The maximum atomic E-state index is 12.8. The van der Waals surface area contributed by atoms with Crippen molar-refractivity contribution in [3.8, 4) is 23.3 Å². The molecule has 0 unspecified atom stereocenters. The lowest BCUT2D eigenvalue weighted by Gasteiger charge is -2.18. The summed E-state index contributed by atoms with van der Waals surface area (Å²) in [7, 11) is 4.56. The fourth-order valence-electron chi connectivity index (χ4n) is 2.75. The van der Waals surface area contributed by atoms with Crippen molar-refractivity contribution in [3.63, 3.8) is 0 Å². The van der Waals surface area contributed by atoms with Crippen molar-refractivity contribution >= 4 is 11.9 Å². The highest BCUT2D eigenvalue weighted by molar-refractivity contribution is 6.14. The first kappa shape index (κ1) is 21.0. The minimum absolute atomic E-state index is 0.00836. The van der Waals surface area contributed by atoms with Gasteiger partial charge in [0, 0.05) is 17.2 Å². The summed E-state index contributed by atoms with van der Waals surface area (Å²) >= 11 is 0. The first-order valence-electron chi connectivity index (χ1n) is 8.82. The summed E-state index contributed by atoms with van der Waals surface area (Å²) in [4.78, 5) is 12.8. The number of nitriles is 1. The number of hydrogen-bond donors (Lipinski definition) is 0. The fourth-order valence-corrected chi connectivity index (χ4v) is 2.75. The van der Waals surface area contributed by atoms with Gasteiger partial charge >= 0.3 is 0 Å². The third-order valence-corrected chi connectivity index (χ3v) is 4.41. The van der Waals surface area contributed by atoms with Gasteiger partial charge in [-0.05, 0) is 23.1 Å². The van der Waals surface area contributed by atoms with Crippen LogP contribution < -0.4 is 14.2 Å². The average molecular weight is 379 g/mol. The van der Waals surface area contributed by atoms with Crippen molar-refractivity contribution in [2.75, 3.05) is 21.3 Å². The van der Waals surface area contributed by atoms with Gasteiger partial charge in [0.05, 0.1) is 21.3 Å². The summed E-state index contributed by atoms with van der Waals surface area (Å²) in [5.74, 6) is 1.11. The van der Waals surface area contributed by atoms with Crippen LogP contribution in [0.3, 0.4) is 0 Å². The zero-order valence-corrected chi connectivity index (χ0v) is 17.1. The molecule has 0 N–H and O–H groups in total. The van der Waals surface area contributed by atoms with E-state index in [4.69, 9.17) is 14.2 Å². The fraction of sp³-hybridized carbons (Fsp3) is 0.304. The highest BCUT2D eigenvalue weighted by atomic mass is 16.5. The monoisotopic (exact) mass is 379 g/mol. The van der Waals surface area contributed by atoms with Crippen LogP contribution in [0.25, 0.3) is 6.08 Å². The predicted octanol–water partition coefficient (Wildman–Crippen LogP) is 4.80. The van der Waals surface area contributed by atoms with Gasteiger partial charge in [-0.25, -0.2) is 0 Å². The van der Waals surface area contributed by atoms with E-state index in [1.807, 2.05) is 18.2 Å². The number of hydrogen-bond acceptors (Lipinski definition) is 5. The van der Waals surface area contributed by atoms with Crippen LogP contribution in [0, 0.1) is 11.3 Å². The van der Waals surface area contributed by atoms with Crippen LogP contribution in [-0.2, 0) is 5.41 Å². The lowest BCUT2D eigenvalue weighted by molar-refractivity contribution is 0.104. The maximum Gasteiger partial charge on any atom is 0.203 e. The molecule has 0 radical (unpaired) electrons. The van der Waals surface area contributed by atoms with Crippen LogP contribution in [0.4, 0.5) is 0 Å². The van der Waals surface area contributed by atoms with Crippen LogP contribution >= 0.6 is 0 Å². The molecule has 2 aromatic carbocycles. The molecule has 5 nitrogen and oxygen atoms in total. The largest absolute Gasteiger partial charge is 0.496 e. The second kappa shape index (κ2) is 8.62. The molecule has 0 saturated carbocycles. The van der Waals surface area contributed by atoms with E-state index in [9.17, 15) is 10.1 Å². The molecular weight excluding hydrogens is 354 g/mol. The summed E-state index contributed by atoms with van der Waals surface area (Å²) in [6.07, 6.45) is 1.50. The van der Waals surface area contributed by atoms with Crippen molar-refractivity contribution < 1.29 is 19.0 Å². The lowest BCUT2D eigenvalue weighted by atomic mass is 9.86. The summed E-state index contributed by atoms with van der Waals surface area (Å²) in [6, 6.07) is 12.7. The Hall–Kier alpha value is -3.26. The quantitative estimate of drug-likeness (QED) is 0.410. The summed E-state index contributed by atoms with van der Waals surface area (Å²) in [5.41, 5.74) is 2.13. The van der Waals surface area contributed by atoms with E-state index in [-0.39, 0.29) is 16.8 Å². The molecule has 0 atom stereocenters. The van der Waals surface area contributed by atoms with Crippen molar-refractivity contribution in [2.24, 2.45) is 0 Å². The number of Topliss-reactive ketones (excluding diaryl/α,β-unsaturated/α-hetero) is 1. The second-order valence-electron chi connectivity index (χ2n) is 7.28. The first-order valence-corrected chi connectivity index (χ1v) is 8.82. The summed E-state index contributed by atoms with van der Waals surface area (Å²) < 4.78 is 15.9. The van der Waals surface area contributed by atoms with Crippen molar-refractivity contribution in [1.29, 1.82) is 5.26 Å². The standard InChI is InChI=1S/C23H25NO4/c1-23(2,3)18-9-7-15(8-10-18)22(25)17(14-24)11-16-12-20(27-5)21(28-6)13-19(16)26-4/h7-13H,1-6H3/b17-11+. The number of nitrogens with zero attached hydrogens (tertiary/aromatic N) is 1. The number of rotatable bonds is 6. The van der Waals surface area contributed by atoms with Crippen LogP contribution in [0.1, 0.15) is 42.3 Å². The minimum Gasteiger partial charge on any atom is -0.496 e. The summed E-state index contributed by atoms with van der Waals surface area (Å²) in [5, 5.41) is 9.56. The molecule has 2 aromatic rings. The van der Waals surface area contributed by atoms with Gasteiger partial charge in [0.15, 0.2) is 11.5 Å².